The number of hydrogen-bond donors (Lipinski definition) is 1. The molecule has 114 valence electrons. The fourth-order valence-corrected chi connectivity index (χ4v) is 2.76. The van der Waals surface area contributed by atoms with Gasteiger partial charge < -0.3 is 5.32 Å². The first-order chi connectivity index (χ1) is 10.8. The molecule has 0 atom stereocenters. The lowest BCUT2D eigenvalue weighted by Crippen LogP contribution is -2.24. The third-order valence-electron chi connectivity index (χ3n) is 4.02. The molecule has 2 aromatic rings. The van der Waals surface area contributed by atoms with Crippen molar-refractivity contribution in [3.63, 3.8) is 0 Å². The Labute approximate surface area is 130 Å². The second-order valence-electron chi connectivity index (χ2n) is 5.61. The first-order valence-electron chi connectivity index (χ1n) is 7.89. The van der Waals surface area contributed by atoms with Crippen LogP contribution in [0.5, 0.6) is 0 Å². The van der Waals surface area contributed by atoms with E-state index in [0.717, 1.165) is 12.1 Å². The van der Waals surface area contributed by atoms with Crippen molar-refractivity contribution in [2.45, 2.75) is 32.1 Å². The van der Waals surface area contributed by atoms with Gasteiger partial charge in [-0.25, -0.2) is 4.68 Å². The summed E-state index contributed by atoms with van der Waals surface area (Å²) in [5.41, 5.74) is 3.13. The molecule has 0 bridgehead atoms. The quantitative estimate of drug-likeness (QED) is 0.858. The average molecular weight is 295 g/mol. The molecule has 22 heavy (non-hydrogen) atoms. The molecule has 3 rings (SSSR count). The van der Waals surface area contributed by atoms with Gasteiger partial charge in [0.1, 0.15) is 0 Å². The maximum Gasteiger partial charge on any atom is 0.251 e. The van der Waals surface area contributed by atoms with Crippen molar-refractivity contribution in [2.24, 2.45) is 0 Å². The van der Waals surface area contributed by atoms with Crippen LogP contribution in [0.1, 0.15) is 42.5 Å². The standard InChI is InChI=1S/C18H21N3O/c22-18(19-13-11-15-5-2-1-3-6-15)16-7-9-17(10-8-16)21-14-4-12-20-21/h4-5,7-10,12,14H,1-3,6,11,13H2,(H,19,22). The highest BCUT2D eigenvalue weighted by Crippen LogP contribution is 2.19. The first kappa shape index (κ1) is 14.6. The molecule has 0 aliphatic heterocycles. The molecule has 0 unspecified atom stereocenters. The van der Waals surface area contributed by atoms with Gasteiger partial charge in [-0.1, -0.05) is 11.6 Å². The molecule has 1 N–H and O–H groups in total. The van der Waals surface area contributed by atoms with Crippen molar-refractivity contribution in [2.75, 3.05) is 6.54 Å². The lowest BCUT2D eigenvalue weighted by Gasteiger charge is -2.13. The van der Waals surface area contributed by atoms with Crippen molar-refractivity contribution in [1.29, 1.82) is 0 Å². The number of hydrogen-bond acceptors (Lipinski definition) is 2. The van der Waals surface area contributed by atoms with E-state index in [1.165, 1.54) is 31.3 Å². The van der Waals surface area contributed by atoms with Gasteiger partial charge in [0.05, 0.1) is 5.69 Å². The number of rotatable bonds is 5. The van der Waals surface area contributed by atoms with Gasteiger partial charge in [0.25, 0.3) is 5.91 Å². The lowest BCUT2D eigenvalue weighted by atomic mass is 9.97. The Morgan fingerprint density at radius 3 is 2.77 bits per heavy atom. The van der Waals surface area contributed by atoms with Gasteiger partial charge in [-0.05, 0) is 62.4 Å². The summed E-state index contributed by atoms with van der Waals surface area (Å²) in [6.45, 7) is 0.714. The topological polar surface area (TPSA) is 46.9 Å². The summed E-state index contributed by atoms with van der Waals surface area (Å²) in [5.74, 6) is -0.0107. The van der Waals surface area contributed by atoms with Crippen LogP contribution >= 0.6 is 0 Å². The highest BCUT2D eigenvalue weighted by atomic mass is 16.1. The number of carbonyl (C=O) groups excluding carboxylic acids is 1. The lowest BCUT2D eigenvalue weighted by molar-refractivity contribution is 0.0954. The number of carbonyl (C=O) groups is 1. The molecular weight excluding hydrogens is 274 g/mol. The second-order valence-corrected chi connectivity index (χ2v) is 5.61. The number of nitrogens with zero attached hydrogens (tertiary/aromatic N) is 2. The molecule has 4 nitrogen and oxygen atoms in total. The Hall–Kier alpha value is -2.36. The Balaban J connectivity index is 1.52. The van der Waals surface area contributed by atoms with E-state index in [9.17, 15) is 4.79 Å². The zero-order chi connectivity index (χ0) is 15.2. The minimum atomic E-state index is -0.0107. The SMILES string of the molecule is O=C(NCCC1=CCCCC1)c1ccc(-n2cccn2)cc1. The smallest absolute Gasteiger partial charge is 0.251 e. The molecule has 1 aromatic carbocycles. The molecule has 1 amide bonds. The Bertz CT molecular complexity index is 641. The zero-order valence-electron chi connectivity index (χ0n) is 12.7. The van der Waals surface area contributed by atoms with Crippen molar-refractivity contribution in [3.8, 4) is 5.69 Å². The Kier molecular flexibility index (Phi) is 4.68. The van der Waals surface area contributed by atoms with Crippen molar-refractivity contribution in [3.05, 3.63) is 59.9 Å². The maximum atomic E-state index is 12.1. The summed E-state index contributed by atoms with van der Waals surface area (Å²) in [4.78, 5) is 12.1. The van der Waals surface area contributed by atoms with Crippen LogP contribution in [0.2, 0.25) is 0 Å². The van der Waals surface area contributed by atoms with E-state index in [2.05, 4.69) is 16.5 Å². The molecule has 4 heteroatoms. The summed E-state index contributed by atoms with van der Waals surface area (Å²) in [7, 11) is 0. The summed E-state index contributed by atoms with van der Waals surface area (Å²) in [5, 5.41) is 7.17. The summed E-state index contributed by atoms with van der Waals surface area (Å²) >= 11 is 0. The van der Waals surface area contributed by atoms with E-state index < -0.39 is 0 Å². The van der Waals surface area contributed by atoms with Gasteiger partial charge in [0, 0.05) is 24.5 Å². The highest BCUT2D eigenvalue weighted by molar-refractivity contribution is 5.94. The minimum Gasteiger partial charge on any atom is -0.352 e. The molecule has 1 heterocycles. The molecule has 0 fully saturated rings. The van der Waals surface area contributed by atoms with E-state index in [1.807, 2.05) is 36.5 Å². The van der Waals surface area contributed by atoms with E-state index in [-0.39, 0.29) is 5.91 Å². The fourth-order valence-electron chi connectivity index (χ4n) is 2.76. The van der Waals surface area contributed by atoms with E-state index in [4.69, 9.17) is 0 Å². The van der Waals surface area contributed by atoms with Crippen LogP contribution in [0, 0.1) is 0 Å². The van der Waals surface area contributed by atoms with Gasteiger partial charge >= 0.3 is 0 Å². The van der Waals surface area contributed by atoms with Crippen LogP contribution in [0.4, 0.5) is 0 Å². The molecule has 0 radical (unpaired) electrons. The van der Waals surface area contributed by atoms with Crippen LogP contribution < -0.4 is 5.32 Å². The van der Waals surface area contributed by atoms with Crippen LogP contribution in [0.25, 0.3) is 5.69 Å². The van der Waals surface area contributed by atoms with Crippen molar-refractivity contribution in [1.82, 2.24) is 15.1 Å². The number of amides is 1. The van der Waals surface area contributed by atoms with Gasteiger partial charge in [-0.2, -0.15) is 5.10 Å². The van der Waals surface area contributed by atoms with Crippen LogP contribution in [-0.4, -0.2) is 22.2 Å². The minimum absolute atomic E-state index is 0.0107. The molecule has 0 spiro atoms. The number of aromatic nitrogens is 2. The Morgan fingerprint density at radius 1 is 1.23 bits per heavy atom. The number of benzene rings is 1. The number of nitrogens with one attached hydrogen (secondary N) is 1. The van der Waals surface area contributed by atoms with Gasteiger partial charge in [-0.15, -0.1) is 0 Å². The van der Waals surface area contributed by atoms with E-state index in [0.29, 0.717) is 12.1 Å². The second kappa shape index (κ2) is 7.07. The predicted molar refractivity (Wildman–Crippen MR) is 87.1 cm³/mol. The molecule has 0 saturated heterocycles. The van der Waals surface area contributed by atoms with E-state index >= 15 is 0 Å². The largest absolute Gasteiger partial charge is 0.352 e. The molecule has 0 saturated carbocycles. The zero-order valence-corrected chi connectivity index (χ0v) is 12.7. The van der Waals surface area contributed by atoms with Gasteiger partial charge in [-0.3, -0.25) is 4.79 Å². The summed E-state index contributed by atoms with van der Waals surface area (Å²) < 4.78 is 1.78. The van der Waals surface area contributed by atoms with Gasteiger partial charge in [0.15, 0.2) is 0 Å². The van der Waals surface area contributed by atoms with E-state index in [1.54, 1.807) is 10.9 Å². The third kappa shape index (κ3) is 3.64. The van der Waals surface area contributed by atoms with Crippen molar-refractivity contribution >= 4 is 5.91 Å². The van der Waals surface area contributed by atoms with Gasteiger partial charge in [0.2, 0.25) is 0 Å². The average Bonchev–Trinajstić information content (AvgIpc) is 3.10. The van der Waals surface area contributed by atoms with Crippen molar-refractivity contribution < 1.29 is 4.79 Å². The molecule has 1 aromatic heterocycles. The molecular formula is C18H21N3O. The van der Waals surface area contributed by atoms with Crippen LogP contribution in [0.15, 0.2) is 54.4 Å². The first-order valence-corrected chi connectivity index (χ1v) is 7.89. The summed E-state index contributed by atoms with van der Waals surface area (Å²) in [6, 6.07) is 9.37. The fraction of sp³-hybridized carbons (Fsp3) is 0.333. The summed E-state index contributed by atoms with van der Waals surface area (Å²) in [6.07, 6.45) is 11.9. The monoisotopic (exact) mass is 295 g/mol. The molecule has 1 aliphatic rings. The third-order valence-corrected chi connectivity index (χ3v) is 4.02. The van der Waals surface area contributed by atoms with Crippen LogP contribution in [-0.2, 0) is 0 Å². The maximum absolute atomic E-state index is 12.1. The van der Waals surface area contributed by atoms with Crippen LogP contribution in [0.3, 0.4) is 0 Å². The predicted octanol–water partition coefficient (Wildman–Crippen LogP) is 3.49. The Morgan fingerprint density at radius 2 is 2.09 bits per heavy atom. The normalized spacial score (nSPS) is 14.5. The highest BCUT2D eigenvalue weighted by Gasteiger charge is 2.07. The molecule has 1 aliphatic carbocycles. The number of allylic oxidation sites excluding steroid dienone is 1.